The minimum Gasteiger partial charge on any atom is -0.341 e. The van der Waals surface area contributed by atoms with Gasteiger partial charge in [-0.3, -0.25) is 14.7 Å². The van der Waals surface area contributed by atoms with Crippen LogP contribution in [0.25, 0.3) is 0 Å². The maximum atomic E-state index is 12.8. The fourth-order valence-corrected chi connectivity index (χ4v) is 3.68. The molecule has 132 valence electrons. The first-order valence-corrected chi connectivity index (χ1v) is 8.99. The maximum absolute atomic E-state index is 12.8. The van der Waals surface area contributed by atoms with Crippen molar-refractivity contribution >= 4 is 5.91 Å². The fraction of sp³-hybridized carbons (Fsp3) is 0.429. The van der Waals surface area contributed by atoms with E-state index in [-0.39, 0.29) is 11.3 Å². The van der Waals surface area contributed by atoms with Crippen molar-refractivity contribution in [2.24, 2.45) is 0 Å². The number of carbonyl (C=O) groups excluding carboxylic acids is 1. The first-order chi connectivity index (χ1) is 12.1. The van der Waals surface area contributed by atoms with E-state index in [0.29, 0.717) is 13.1 Å². The smallest absolute Gasteiger partial charge is 0.236 e. The van der Waals surface area contributed by atoms with Crippen molar-refractivity contribution in [3.05, 3.63) is 66.0 Å². The van der Waals surface area contributed by atoms with Crippen LogP contribution < -0.4 is 0 Å². The molecule has 0 unspecified atom stereocenters. The van der Waals surface area contributed by atoms with E-state index in [1.165, 1.54) is 5.56 Å². The third-order valence-corrected chi connectivity index (χ3v) is 5.08. The second kappa shape index (κ2) is 7.79. The summed E-state index contributed by atoms with van der Waals surface area (Å²) in [6.45, 7) is 5.06. The highest BCUT2D eigenvalue weighted by Gasteiger charge is 2.34. The van der Waals surface area contributed by atoms with E-state index < -0.39 is 0 Å². The van der Waals surface area contributed by atoms with Gasteiger partial charge in [-0.2, -0.15) is 0 Å². The van der Waals surface area contributed by atoms with E-state index in [9.17, 15) is 4.79 Å². The monoisotopic (exact) mass is 337 g/mol. The van der Waals surface area contributed by atoms with E-state index in [0.717, 1.165) is 31.6 Å². The van der Waals surface area contributed by atoms with Crippen molar-refractivity contribution in [3.63, 3.8) is 0 Å². The van der Waals surface area contributed by atoms with Crippen LogP contribution in [0, 0.1) is 0 Å². The van der Waals surface area contributed by atoms with Gasteiger partial charge in [-0.25, -0.2) is 0 Å². The van der Waals surface area contributed by atoms with Crippen molar-refractivity contribution in [2.45, 2.75) is 31.7 Å². The Morgan fingerprint density at radius 2 is 1.96 bits per heavy atom. The lowest BCUT2D eigenvalue weighted by atomic mass is 9.76. The number of likely N-dealkylation sites (N-methyl/N-ethyl adjacent to an activating group) is 1. The molecule has 25 heavy (non-hydrogen) atoms. The molecule has 1 aromatic carbocycles. The number of hydrogen-bond acceptors (Lipinski definition) is 3. The molecule has 0 N–H and O–H groups in total. The molecule has 1 saturated heterocycles. The first-order valence-electron chi connectivity index (χ1n) is 8.99. The van der Waals surface area contributed by atoms with Crippen LogP contribution in [0.3, 0.4) is 0 Å². The molecule has 3 rings (SSSR count). The molecule has 1 aromatic heterocycles. The van der Waals surface area contributed by atoms with Gasteiger partial charge in [0.2, 0.25) is 5.91 Å². The average Bonchev–Trinajstić information content (AvgIpc) is 2.63. The molecular formula is C21H27N3O. The predicted molar refractivity (Wildman–Crippen MR) is 100 cm³/mol. The number of rotatable bonds is 5. The molecule has 0 saturated carbocycles. The fourth-order valence-electron chi connectivity index (χ4n) is 3.68. The van der Waals surface area contributed by atoms with E-state index in [1.807, 2.05) is 41.1 Å². The number of benzene rings is 1. The van der Waals surface area contributed by atoms with Gasteiger partial charge in [-0.05, 0) is 37.6 Å². The van der Waals surface area contributed by atoms with Gasteiger partial charge >= 0.3 is 0 Å². The molecule has 1 fully saturated rings. The third-order valence-electron chi connectivity index (χ3n) is 5.08. The summed E-state index contributed by atoms with van der Waals surface area (Å²) in [6.07, 6.45) is 3.98. The van der Waals surface area contributed by atoms with Crippen LogP contribution in [0.2, 0.25) is 0 Å². The van der Waals surface area contributed by atoms with E-state index >= 15 is 0 Å². The van der Waals surface area contributed by atoms with Crippen molar-refractivity contribution < 1.29 is 4.79 Å². The Kier molecular flexibility index (Phi) is 5.49. The van der Waals surface area contributed by atoms with Gasteiger partial charge in [0.25, 0.3) is 0 Å². The van der Waals surface area contributed by atoms with Gasteiger partial charge in [0.05, 0.1) is 12.2 Å². The summed E-state index contributed by atoms with van der Waals surface area (Å²) in [5.41, 5.74) is 2.37. The number of hydrogen-bond donors (Lipinski definition) is 0. The molecule has 0 spiro atoms. The molecule has 0 bridgehead atoms. The van der Waals surface area contributed by atoms with Crippen LogP contribution in [0.5, 0.6) is 0 Å². The van der Waals surface area contributed by atoms with E-state index in [4.69, 9.17) is 0 Å². The third kappa shape index (κ3) is 4.45. The maximum Gasteiger partial charge on any atom is 0.236 e. The van der Waals surface area contributed by atoms with Crippen LogP contribution in [-0.2, 0) is 16.8 Å². The zero-order valence-corrected chi connectivity index (χ0v) is 15.2. The molecule has 1 amide bonds. The number of amides is 1. The van der Waals surface area contributed by atoms with Gasteiger partial charge in [0.15, 0.2) is 0 Å². The molecule has 1 aliphatic heterocycles. The normalized spacial score (nSPS) is 20.7. The number of pyridine rings is 1. The summed E-state index contributed by atoms with van der Waals surface area (Å²) in [4.78, 5) is 21.2. The van der Waals surface area contributed by atoms with Crippen LogP contribution >= 0.6 is 0 Å². The summed E-state index contributed by atoms with van der Waals surface area (Å²) < 4.78 is 0. The number of piperidine rings is 1. The van der Waals surface area contributed by atoms with Gasteiger partial charge in [-0.15, -0.1) is 0 Å². The van der Waals surface area contributed by atoms with Crippen molar-refractivity contribution in [3.8, 4) is 0 Å². The molecule has 2 heterocycles. The average molecular weight is 337 g/mol. The van der Waals surface area contributed by atoms with Gasteiger partial charge in [-0.1, -0.05) is 43.3 Å². The van der Waals surface area contributed by atoms with Crippen LogP contribution in [0.4, 0.5) is 0 Å². The summed E-state index contributed by atoms with van der Waals surface area (Å²) in [5, 5.41) is 0. The molecule has 4 nitrogen and oxygen atoms in total. The molecule has 0 aliphatic carbocycles. The Bertz CT molecular complexity index is 689. The van der Waals surface area contributed by atoms with Crippen molar-refractivity contribution in [2.75, 3.05) is 26.7 Å². The van der Waals surface area contributed by atoms with Crippen molar-refractivity contribution in [1.82, 2.24) is 14.8 Å². The summed E-state index contributed by atoms with van der Waals surface area (Å²) in [6, 6.07) is 16.5. The number of carbonyl (C=O) groups is 1. The predicted octanol–water partition coefficient (Wildman–Crippen LogP) is 3.09. The summed E-state index contributed by atoms with van der Waals surface area (Å²) in [7, 11) is 1.98. The lowest BCUT2D eigenvalue weighted by molar-refractivity contribution is -0.134. The molecule has 1 atom stereocenters. The van der Waals surface area contributed by atoms with Crippen molar-refractivity contribution in [1.29, 1.82) is 0 Å². The minimum absolute atomic E-state index is 0.0503. The number of likely N-dealkylation sites (tertiary alicyclic amines) is 1. The van der Waals surface area contributed by atoms with Gasteiger partial charge in [0.1, 0.15) is 0 Å². The largest absolute Gasteiger partial charge is 0.341 e. The topological polar surface area (TPSA) is 36.4 Å². The lowest BCUT2D eigenvalue weighted by Gasteiger charge is -2.41. The van der Waals surface area contributed by atoms with Crippen LogP contribution in [0.1, 0.15) is 31.0 Å². The summed E-state index contributed by atoms with van der Waals surface area (Å²) >= 11 is 0. The minimum atomic E-state index is 0.0503. The second-order valence-electron chi connectivity index (χ2n) is 7.34. The quantitative estimate of drug-likeness (QED) is 0.841. The highest BCUT2D eigenvalue weighted by Crippen LogP contribution is 2.33. The molecule has 0 radical (unpaired) electrons. The Hall–Kier alpha value is -2.20. The highest BCUT2D eigenvalue weighted by atomic mass is 16.2. The van der Waals surface area contributed by atoms with Gasteiger partial charge < -0.3 is 4.90 Å². The SMILES string of the molecule is CN(CC(=O)N1CCC[C@](C)(c2ccccc2)C1)Cc1ccccn1. The number of nitrogens with zero attached hydrogens (tertiary/aromatic N) is 3. The van der Waals surface area contributed by atoms with Crippen LogP contribution in [-0.4, -0.2) is 47.4 Å². The first kappa shape index (κ1) is 17.6. The number of aromatic nitrogens is 1. The standard InChI is InChI=1S/C21H27N3O/c1-21(18-9-4-3-5-10-18)12-8-14-24(17-21)20(25)16-23(2)15-19-11-6-7-13-22-19/h3-7,9-11,13H,8,12,14-17H2,1-2H3/t21-/m0/s1. The Morgan fingerprint density at radius 1 is 1.20 bits per heavy atom. The Labute approximate surface area is 150 Å². The molecule has 2 aromatic rings. The Balaban J connectivity index is 1.60. The van der Waals surface area contributed by atoms with E-state index in [1.54, 1.807) is 6.20 Å². The summed E-state index contributed by atoms with van der Waals surface area (Å²) in [5.74, 6) is 0.209. The zero-order valence-electron chi connectivity index (χ0n) is 15.2. The van der Waals surface area contributed by atoms with Crippen LogP contribution in [0.15, 0.2) is 54.7 Å². The zero-order chi connectivity index (χ0) is 17.7. The van der Waals surface area contributed by atoms with Gasteiger partial charge in [0, 0.05) is 31.2 Å². The second-order valence-corrected chi connectivity index (χ2v) is 7.34. The molecule has 1 aliphatic rings. The van der Waals surface area contributed by atoms with E-state index in [2.05, 4.69) is 36.2 Å². The highest BCUT2D eigenvalue weighted by molar-refractivity contribution is 5.78. The molecule has 4 heteroatoms. The molecular weight excluding hydrogens is 310 g/mol. The Morgan fingerprint density at radius 3 is 2.68 bits per heavy atom. The lowest BCUT2D eigenvalue weighted by Crippen LogP contribution is -2.49.